The van der Waals surface area contributed by atoms with Crippen molar-refractivity contribution in [3.05, 3.63) is 113 Å². The van der Waals surface area contributed by atoms with Crippen LogP contribution in [0.5, 0.6) is 0 Å². The lowest BCUT2D eigenvalue weighted by molar-refractivity contribution is -0.120. The number of carbonyl (C=O) groups excluding carboxylic acids is 1. The highest BCUT2D eigenvalue weighted by molar-refractivity contribution is 8.00. The molecule has 0 saturated carbocycles. The van der Waals surface area contributed by atoms with Gasteiger partial charge in [0.1, 0.15) is 0 Å². The van der Waals surface area contributed by atoms with Gasteiger partial charge in [-0.15, -0.1) is 10.2 Å². The molecule has 1 amide bonds. The standard InChI is InChI=1S/C29H25ClN6OS/c1-20(28(37)34-32-18-21-11-12-22-7-5-6-8-23(22)17-21)38-29-35-33-27(36(29)26-9-3-2-4-10-26)19-31-25-15-13-24(30)14-16-25/h2-18,20,31H,19H2,1H3,(H,34,37)/b32-18+. The van der Waals surface area contributed by atoms with Gasteiger partial charge in [0.2, 0.25) is 0 Å². The molecule has 190 valence electrons. The van der Waals surface area contributed by atoms with Crippen molar-refractivity contribution in [2.45, 2.75) is 23.9 Å². The number of anilines is 1. The van der Waals surface area contributed by atoms with Gasteiger partial charge in [-0.05, 0) is 65.7 Å². The van der Waals surface area contributed by atoms with Crippen LogP contribution < -0.4 is 10.7 Å². The first-order valence-electron chi connectivity index (χ1n) is 12.0. The van der Waals surface area contributed by atoms with Crippen LogP contribution in [0.2, 0.25) is 5.02 Å². The molecule has 38 heavy (non-hydrogen) atoms. The van der Waals surface area contributed by atoms with Crippen LogP contribution in [0, 0.1) is 0 Å². The number of carbonyl (C=O) groups is 1. The third-order valence-corrected chi connectivity index (χ3v) is 7.12. The molecule has 0 fully saturated rings. The maximum Gasteiger partial charge on any atom is 0.253 e. The van der Waals surface area contributed by atoms with Crippen molar-refractivity contribution in [1.82, 2.24) is 20.2 Å². The average molecular weight is 541 g/mol. The van der Waals surface area contributed by atoms with Gasteiger partial charge in [-0.2, -0.15) is 5.10 Å². The van der Waals surface area contributed by atoms with E-state index in [1.165, 1.54) is 11.8 Å². The van der Waals surface area contributed by atoms with Crippen LogP contribution >= 0.6 is 23.4 Å². The zero-order chi connectivity index (χ0) is 26.3. The van der Waals surface area contributed by atoms with Gasteiger partial charge in [0.25, 0.3) is 5.91 Å². The Hall–Kier alpha value is -4.14. The number of nitrogens with one attached hydrogen (secondary N) is 2. The van der Waals surface area contributed by atoms with Crippen LogP contribution in [0.15, 0.2) is 107 Å². The van der Waals surface area contributed by atoms with E-state index >= 15 is 0 Å². The molecule has 1 atom stereocenters. The molecule has 0 radical (unpaired) electrons. The molecule has 1 heterocycles. The van der Waals surface area contributed by atoms with Gasteiger partial charge >= 0.3 is 0 Å². The summed E-state index contributed by atoms with van der Waals surface area (Å²) in [4.78, 5) is 12.8. The number of halogens is 1. The zero-order valence-corrected chi connectivity index (χ0v) is 22.2. The number of thioether (sulfide) groups is 1. The summed E-state index contributed by atoms with van der Waals surface area (Å²) in [7, 11) is 0. The van der Waals surface area contributed by atoms with E-state index in [1.54, 1.807) is 6.21 Å². The summed E-state index contributed by atoms with van der Waals surface area (Å²) in [6, 6.07) is 31.5. The van der Waals surface area contributed by atoms with Crippen LogP contribution in [0.4, 0.5) is 5.69 Å². The molecular weight excluding hydrogens is 516 g/mol. The molecule has 0 bridgehead atoms. The molecule has 5 aromatic rings. The lowest BCUT2D eigenvalue weighted by Crippen LogP contribution is -2.27. The second kappa shape index (κ2) is 11.9. The van der Waals surface area contributed by atoms with Gasteiger partial charge in [0, 0.05) is 16.4 Å². The fraction of sp³-hybridized carbons (Fsp3) is 0.103. The number of para-hydroxylation sites is 1. The monoisotopic (exact) mass is 540 g/mol. The summed E-state index contributed by atoms with van der Waals surface area (Å²) in [5.74, 6) is 0.492. The Morgan fingerprint density at radius 3 is 2.50 bits per heavy atom. The summed E-state index contributed by atoms with van der Waals surface area (Å²) in [5, 5.41) is 19.4. The van der Waals surface area contributed by atoms with Crippen molar-refractivity contribution in [1.29, 1.82) is 0 Å². The summed E-state index contributed by atoms with van der Waals surface area (Å²) >= 11 is 7.32. The second-order valence-corrected chi connectivity index (χ2v) is 10.3. The molecule has 4 aromatic carbocycles. The predicted octanol–water partition coefficient (Wildman–Crippen LogP) is 6.32. The lowest BCUT2D eigenvalue weighted by Gasteiger charge is -2.13. The highest BCUT2D eigenvalue weighted by Gasteiger charge is 2.21. The molecule has 1 unspecified atom stereocenters. The highest BCUT2D eigenvalue weighted by Crippen LogP contribution is 2.26. The van der Waals surface area contributed by atoms with Crippen molar-refractivity contribution in [3.63, 3.8) is 0 Å². The number of hydrogen-bond acceptors (Lipinski definition) is 6. The number of amides is 1. The molecule has 5 rings (SSSR count). The summed E-state index contributed by atoms with van der Waals surface area (Å²) in [6.45, 7) is 2.27. The molecule has 0 aliphatic carbocycles. The molecule has 0 aliphatic heterocycles. The van der Waals surface area contributed by atoms with Gasteiger partial charge in [-0.25, -0.2) is 5.43 Å². The Morgan fingerprint density at radius 1 is 0.974 bits per heavy atom. The van der Waals surface area contributed by atoms with Crippen LogP contribution in [-0.4, -0.2) is 32.1 Å². The Labute approximate surface area is 229 Å². The largest absolute Gasteiger partial charge is 0.378 e. The number of nitrogens with zero attached hydrogens (tertiary/aromatic N) is 4. The Morgan fingerprint density at radius 2 is 1.71 bits per heavy atom. The molecule has 9 heteroatoms. The maximum absolute atomic E-state index is 12.8. The number of rotatable bonds is 9. The first-order chi connectivity index (χ1) is 18.6. The van der Waals surface area contributed by atoms with Crippen LogP contribution in [-0.2, 0) is 11.3 Å². The number of aromatic nitrogens is 3. The van der Waals surface area contributed by atoms with E-state index in [4.69, 9.17) is 11.6 Å². The fourth-order valence-corrected chi connectivity index (χ4v) is 4.84. The van der Waals surface area contributed by atoms with Gasteiger partial charge in [-0.1, -0.05) is 78.0 Å². The topological polar surface area (TPSA) is 84.2 Å². The molecule has 0 saturated heterocycles. The predicted molar refractivity (Wildman–Crippen MR) is 155 cm³/mol. The van der Waals surface area contributed by atoms with Gasteiger partial charge in [-0.3, -0.25) is 9.36 Å². The van der Waals surface area contributed by atoms with E-state index < -0.39 is 5.25 Å². The SMILES string of the molecule is CC(Sc1nnc(CNc2ccc(Cl)cc2)n1-c1ccccc1)C(=O)N/N=C/c1ccc2ccccc2c1. The first kappa shape index (κ1) is 25.5. The Kier molecular flexibility index (Phi) is 8.01. The van der Waals surface area contributed by atoms with E-state index in [-0.39, 0.29) is 5.91 Å². The van der Waals surface area contributed by atoms with Gasteiger partial charge in [0.15, 0.2) is 11.0 Å². The van der Waals surface area contributed by atoms with E-state index in [0.717, 1.165) is 33.5 Å². The van der Waals surface area contributed by atoms with Gasteiger partial charge < -0.3 is 5.32 Å². The van der Waals surface area contributed by atoms with Crippen LogP contribution in [0.1, 0.15) is 18.3 Å². The molecular formula is C29H25ClN6OS. The van der Waals surface area contributed by atoms with Crippen molar-refractivity contribution >= 4 is 51.9 Å². The van der Waals surface area contributed by atoms with Crippen LogP contribution in [0.25, 0.3) is 16.5 Å². The first-order valence-corrected chi connectivity index (χ1v) is 13.3. The van der Waals surface area contributed by atoms with Crippen molar-refractivity contribution in [3.8, 4) is 5.69 Å². The molecule has 0 spiro atoms. The number of benzene rings is 4. The lowest BCUT2D eigenvalue weighted by atomic mass is 10.1. The molecule has 0 aliphatic rings. The van der Waals surface area contributed by atoms with Crippen molar-refractivity contribution in [2.75, 3.05) is 5.32 Å². The summed E-state index contributed by atoms with van der Waals surface area (Å²) < 4.78 is 1.95. The molecule has 1 aromatic heterocycles. The van der Waals surface area contributed by atoms with Crippen molar-refractivity contribution in [2.24, 2.45) is 5.10 Å². The Balaban J connectivity index is 1.27. The number of hydrogen-bond donors (Lipinski definition) is 2. The van der Waals surface area contributed by atoms with E-state index in [0.29, 0.717) is 16.7 Å². The third kappa shape index (κ3) is 6.22. The minimum absolute atomic E-state index is 0.226. The maximum atomic E-state index is 12.8. The van der Waals surface area contributed by atoms with E-state index in [1.807, 2.05) is 102 Å². The zero-order valence-electron chi connectivity index (χ0n) is 20.6. The van der Waals surface area contributed by atoms with Crippen LogP contribution in [0.3, 0.4) is 0 Å². The molecule has 7 nitrogen and oxygen atoms in total. The fourth-order valence-electron chi connectivity index (χ4n) is 3.84. The van der Waals surface area contributed by atoms with E-state index in [2.05, 4.69) is 32.1 Å². The quantitative estimate of drug-likeness (QED) is 0.130. The number of hydrazone groups is 1. The normalized spacial score (nSPS) is 12.1. The average Bonchev–Trinajstić information content (AvgIpc) is 3.35. The van der Waals surface area contributed by atoms with Gasteiger partial charge in [0.05, 0.1) is 18.0 Å². The minimum Gasteiger partial charge on any atom is -0.378 e. The smallest absolute Gasteiger partial charge is 0.253 e. The summed E-state index contributed by atoms with van der Waals surface area (Å²) in [6.07, 6.45) is 1.65. The Bertz CT molecular complexity index is 1570. The summed E-state index contributed by atoms with van der Waals surface area (Å²) in [5.41, 5.74) is 5.39. The third-order valence-electron chi connectivity index (χ3n) is 5.82. The second-order valence-electron chi connectivity index (χ2n) is 8.53. The van der Waals surface area contributed by atoms with Crippen molar-refractivity contribution < 1.29 is 4.79 Å². The minimum atomic E-state index is -0.451. The molecule has 2 N–H and O–H groups in total. The number of fused-ring (bicyclic) bond motifs is 1. The van der Waals surface area contributed by atoms with E-state index in [9.17, 15) is 4.79 Å². The highest BCUT2D eigenvalue weighted by atomic mass is 35.5.